The zero-order valence-corrected chi connectivity index (χ0v) is 9.68. The molecule has 0 fully saturated rings. The molecule has 1 rings (SSSR count). The Balaban J connectivity index is 2.35. The Morgan fingerprint density at radius 2 is 2.18 bits per heavy atom. The van der Waals surface area contributed by atoms with Crippen LogP contribution in [0, 0.1) is 0 Å². The Bertz CT molecular complexity index is 331. The van der Waals surface area contributed by atoms with Gasteiger partial charge in [0.2, 0.25) is 5.91 Å². The van der Waals surface area contributed by atoms with Crippen molar-refractivity contribution in [3.8, 4) is 0 Å². The van der Waals surface area contributed by atoms with Crippen molar-refractivity contribution in [1.82, 2.24) is 5.32 Å². The van der Waals surface area contributed by atoms with E-state index in [2.05, 4.69) is 5.32 Å². The number of amides is 1. The van der Waals surface area contributed by atoms with Crippen molar-refractivity contribution in [2.24, 2.45) is 0 Å². The SMILES string of the molecule is C[C@@H](NC(=O)CCC(F)(F)F)C1=CCCC=C1. The number of allylic oxidation sites excluding steroid dienone is 2. The van der Waals surface area contributed by atoms with Crippen molar-refractivity contribution in [2.75, 3.05) is 0 Å². The summed E-state index contributed by atoms with van der Waals surface area (Å²) in [6.07, 6.45) is 1.92. The van der Waals surface area contributed by atoms with E-state index in [1.165, 1.54) is 0 Å². The molecule has 0 heterocycles. The summed E-state index contributed by atoms with van der Waals surface area (Å²) in [5, 5.41) is 2.56. The van der Waals surface area contributed by atoms with Gasteiger partial charge in [0.15, 0.2) is 0 Å². The van der Waals surface area contributed by atoms with Gasteiger partial charge in [-0.1, -0.05) is 18.2 Å². The molecule has 0 aromatic rings. The molecule has 0 unspecified atom stereocenters. The molecule has 0 aromatic carbocycles. The highest BCUT2D eigenvalue weighted by atomic mass is 19.4. The molecule has 0 bridgehead atoms. The first-order valence-electron chi connectivity index (χ1n) is 5.61. The number of carbonyl (C=O) groups excluding carboxylic acids is 1. The highest BCUT2D eigenvalue weighted by Gasteiger charge is 2.28. The summed E-state index contributed by atoms with van der Waals surface area (Å²) in [6.45, 7) is 1.77. The number of hydrogen-bond donors (Lipinski definition) is 1. The fraction of sp³-hybridized carbons (Fsp3) is 0.583. The van der Waals surface area contributed by atoms with E-state index in [1.54, 1.807) is 6.92 Å². The lowest BCUT2D eigenvalue weighted by Crippen LogP contribution is -2.34. The van der Waals surface area contributed by atoms with Gasteiger partial charge in [-0.2, -0.15) is 13.2 Å². The second-order valence-electron chi connectivity index (χ2n) is 4.09. The van der Waals surface area contributed by atoms with Gasteiger partial charge in [0.05, 0.1) is 12.5 Å². The largest absolute Gasteiger partial charge is 0.389 e. The Labute approximate surface area is 98.6 Å². The molecule has 0 saturated carbocycles. The zero-order chi connectivity index (χ0) is 12.9. The summed E-state index contributed by atoms with van der Waals surface area (Å²) in [7, 11) is 0. The van der Waals surface area contributed by atoms with E-state index >= 15 is 0 Å². The molecule has 1 aliphatic carbocycles. The van der Waals surface area contributed by atoms with Gasteiger partial charge in [0, 0.05) is 6.42 Å². The summed E-state index contributed by atoms with van der Waals surface area (Å²) in [4.78, 5) is 11.3. The maximum absolute atomic E-state index is 11.9. The molecule has 0 aliphatic heterocycles. The molecule has 1 N–H and O–H groups in total. The quantitative estimate of drug-likeness (QED) is 0.812. The molecule has 0 aromatic heterocycles. The third-order valence-corrected chi connectivity index (χ3v) is 2.54. The molecule has 0 spiro atoms. The average Bonchev–Trinajstić information content (AvgIpc) is 2.27. The second-order valence-corrected chi connectivity index (χ2v) is 4.09. The Hall–Kier alpha value is -1.26. The second kappa shape index (κ2) is 5.89. The summed E-state index contributed by atoms with van der Waals surface area (Å²) in [5.74, 6) is -0.560. The first-order valence-corrected chi connectivity index (χ1v) is 5.61. The van der Waals surface area contributed by atoms with Gasteiger partial charge >= 0.3 is 6.18 Å². The minimum absolute atomic E-state index is 0.229. The highest BCUT2D eigenvalue weighted by molar-refractivity contribution is 5.76. The van der Waals surface area contributed by atoms with Crippen molar-refractivity contribution < 1.29 is 18.0 Å². The molecule has 17 heavy (non-hydrogen) atoms. The fourth-order valence-electron chi connectivity index (χ4n) is 1.61. The van der Waals surface area contributed by atoms with Gasteiger partial charge in [-0.15, -0.1) is 0 Å². The average molecular weight is 247 g/mol. The van der Waals surface area contributed by atoms with E-state index in [9.17, 15) is 18.0 Å². The summed E-state index contributed by atoms with van der Waals surface area (Å²) in [5.41, 5.74) is 0.955. The van der Waals surface area contributed by atoms with Gasteiger partial charge in [-0.3, -0.25) is 4.79 Å². The molecule has 1 amide bonds. The van der Waals surface area contributed by atoms with Crippen LogP contribution in [-0.4, -0.2) is 18.1 Å². The standard InChI is InChI=1S/C12H16F3NO/c1-9(10-5-3-2-4-6-10)16-11(17)7-8-12(13,14)15/h3,5-6,9H,2,4,7-8H2,1H3,(H,16,17)/t9-/m1/s1. The van der Waals surface area contributed by atoms with Crippen LogP contribution in [0.4, 0.5) is 13.2 Å². The monoisotopic (exact) mass is 247 g/mol. The van der Waals surface area contributed by atoms with Crippen molar-refractivity contribution in [3.63, 3.8) is 0 Å². The third-order valence-electron chi connectivity index (χ3n) is 2.54. The van der Waals surface area contributed by atoms with Crippen molar-refractivity contribution in [2.45, 2.75) is 44.8 Å². The molecule has 5 heteroatoms. The van der Waals surface area contributed by atoms with Crippen LogP contribution in [0.25, 0.3) is 0 Å². The van der Waals surface area contributed by atoms with E-state index in [0.29, 0.717) is 0 Å². The number of alkyl halides is 3. The maximum Gasteiger partial charge on any atom is 0.389 e. The van der Waals surface area contributed by atoms with Gasteiger partial charge in [0.25, 0.3) is 0 Å². The first-order chi connectivity index (χ1) is 7.88. The van der Waals surface area contributed by atoms with Crippen LogP contribution < -0.4 is 5.32 Å². The first kappa shape index (κ1) is 13.8. The lowest BCUT2D eigenvalue weighted by atomic mass is 10.0. The van der Waals surface area contributed by atoms with E-state index in [1.807, 2.05) is 18.2 Å². The molecule has 1 aliphatic rings. The van der Waals surface area contributed by atoms with Crippen LogP contribution in [0.3, 0.4) is 0 Å². The van der Waals surface area contributed by atoms with Gasteiger partial charge in [-0.25, -0.2) is 0 Å². The number of halogens is 3. The Kier molecular flexibility index (Phi) is 4.78. The van der Waals surface area contributed by atoms with Crippen LogP contribution >= 0.6 is 0 Å². The zero-order valence-electron chi connectivity index (χ0n) is 9.68. The van der Waals surface area contributed by atoms with E-state index < -0.39 is 24.9 Å². The summed E-state index contributed by atoms with van der Waals surface area (Å²) < 4.78 is 35.7. The van der Waals surface area contributed by atoms with Crippen LogP contribution in [0.5, 0.6) is 0 Å². The fourth-order valence-corrected chi connectivity index (χ4v) is 1.61. The molecule has 96 valence electrons. The molecular weight excluding hydrogens is 231 g/mol. The lowest BCUT2D eigenvalue weighted by molar-refractivity contribution is -0.144. The van der Waals surface area contributed by atoms with E-state index in [0.717, 1.165) is 18.4 Å². The van der Waals surface area contributed by atoms with Gasteiger partial charge < -0.3 is 5.32 Å². The van der Waals surface area contributed by atoms with Crippen LogP contribution in [0.2, 0.25) is 0 Å². The van der Waals surface area contributed by atoms with Gasteiger partial charge in [-0.05, 0) is 25.3 Å². The Morgan fingerprint density at radius 3 is 2.71 bits per heavy atom. The van der Waals surface area contributed by atoms with Crippen molar-refractivity contribution in [3.05, 3.63) is 23.8 Å². The third kappa shape index (κ3) is 5.56. The van der Waals surface area contributed by atoms with Gasteiger partial charge in [0.1, 0.15) is 0 Å². The summed E-state index contributed by atoms with van der Waals surface area (Å²) in [6, 6.07) is -0.229. The number of hydrogen-bond acceptors (Lipinski definition) is 1. The van der Waals surface area contributed by atoms with Crippen LogP contribution in [0.15, 0.2) is 23.8 Å². The number of rotatable bonds is 4. The normalized spacial score (nSPS) is 17.5. The van der Waals surface area contributed by atoms with E-state index in [-0.39, 0.29) is 6.04 Å². The minimum atomic E-state index is -4.27. The Morgan fingerprint density at radius 1 is 1.47 bits per heavy atom. The van der Waals surface area contributed by atoms with Crippen molar-refractivity contribution in [1.29, 1.82) is 0 Å². The van der Waals surface area contributed by atoms with Crippen LogP contribution in [-0.2, 0) is 4.79 Å². The number of nitrogens with one attached hydrogen (secondary N) is 1. The molecule has 0 radical (unpaired) electrons. The topological polar surface area (TPSA) is 29.1 Å². The maximum atomic E-state index is 11.9. The predicted octanol–water partition coefficient (Wildman–Crippen LogP) is 3.11. The summed E-state index contributed by atoms with van der Waals surface area (Å²) >= 11 is 0. The van der Waals surface area contributed by atoms with Crippen LogP contribution in [0.1, 0.15) is 32.6 Å². The highest BCUT2D eigenvalue weighted by Crippen LogP contribution is 2.21. The molecule has 1 atom stereocenters. The number of carbonyl (C=O) groups is 1. The smallest absolute Gasteiger partial charge is 0.350 e. The van der Waals surface area contributed by atoms with Crippen molar-refractivity contribution >= 4 is 5.91 Å². The minimum Gasteiger partial charge on any atom is -0.350 e. The predicted molar refractivity (Wildman–Crippen MR) is 59.4 cm³/mol. The lowest BCUT2D eigenvalue weighted by Gasteiger charge is -2.17. The molecule has 0 saturated heterocycles. The molecule has 2 nitrogen and oxygen atoms in total. The molecular formula is C12H16F3NO. The van der Waals surface area contributed by atoms with E-state index in [4.69, 9.17) is 0 Å².